The summed E-state index contributed by atoms with van der Waals surface area (Å²) in [4.78, 5) is 0. The van der Waals surface area contributed by atoms with Crippen LogP contribution in [-0.4, -0.2) is 24.7 Å². The minimum absolute atomic E-state index is 0.127. The second kappa shape index (κ2) is 2.89. The van der Waals surface area contributed by atoms with Crippen molar-refractivity contribution in [2.24, 2.45) is 7.05 Å². The average molecular weight is 179 g/mol. The van der Waals surface area contributed by atoms with E-state index in [-0.39, 0.29) is 10.5 Å². The van der Waals surface area contributed by atoms with Gasteiger partial charge in [0.05, 0.1) is 0 Å². The van der Waals surface area contributed by atoms with Crippen LogP contribution in [0.15, 0.2) is 0 Å². The Morgan fingerprint density at radius 3 is 2.90 bits per heavy atom. The molecule has 1 rings (SSSR count). The fraction of sp³-hybridized carbons (Fsp3) is 0.333. The monoisotopic (exact) mass is 178 g/mol. The number of ether oxygens (including phenoxy) is 1. The topological polar surface area (TPSA) is 52.8 Å². The van der Waals surface area contributed by atoms with E-state index in [9.17, 15) is 0 Å². The molecule has 0 aliphatic rings. The normalized spacial score (nSPS) is 9.40. The molecule has 0 N–H and O–H groups in total. The van der Waals surface area contributed by atoms with E-state index in [1.54, 1.807) is 7.05 Å². The first-order valence-electron chi connectivity index (χ1n) is 2.30. The number of hydrogen-bond acceptors (Lipinski definition) is 5. The maximum Gasteiger partial charge on any atom is 0.342 e. The van der Waals surface area contributed by atoms with Crippen molar-refractivity contribution >= 4 is 28.3 Å². The van der Waals surface area contributed by atoms with E-state index in [0.717, 1.165) is 0 Å². The van der Waals surface area contributed by atoms with Crippen LogP contribution in [0.5, 0.6) is 6.01 Å². The number of tetrazole rings is 1. The van der Waals surface area contributed by atoms with Crippen LogP contribution in [0, 0.1) is 0 Å². The van der Waals surface area contributed by atoms with Gasteiger partial charge in [0.2, 0.25) is 0 Å². The highest BCUT2D eigenvalue weighted by Crippen LogP contribution is 2.01. The summed E-state index contributed by atoms with van der Waals surface area (Å²) in [6.45, 7) is 0. The summed E-state index contributed by atoms with van der Waals surface area (Å²) < 4.78 is 5.90. The summed E-state index contributed by atoms with van der Waals surface area (Å²) >= 11 is 9.68. The standard InChI is InChI=1S/C3H3ClN4OS/c1-8-3(5-6-7-8)9-2(4)10/h1H3. The lowest BCUT2D eigenvalue weighted by Crippen LogP contribution is -2.02. The highest BCUT2D eigenvalue weighted by molar-refractivity contribution is 7.82. The molecule has 7 heteroatoms. The number of rotatable bonds is 1. The van der Waals surface area contributed by atoms with E-state index in [4.69, 9.17) is 16.3 Å². The fourth-order valence-electron chi connectivity index (χ4n) is 0.379. The molecule has 0 bridgehead atoms. The number of thiocarbonyl (C=S) groups is 1. The van der Waals surface area contributed by atoms with Crippen LogP contribution in [0.4, 0.5) is 0 Å². The first-order valence-corrected chi connectivity index (χ1v) is 3.08. The Kier molecular flexibility index (Phi) is 2.13. The molecule has 0 amide bonds. The van der Waals surface area contributed by atoms with E-state index in [1.807, 2.05) is 0 Å². The smallest absolute Gasteiger partial charge is 0.342 e. The zero-order valence-electron chi connectivity index (χ0n) is 4.98. The molecule has 0 radical (unpaired) electrons. The minimum atomic E-state index is -0.127. The number of hydrogen-bond donors (Lipinski definition) is 0. The van der Waals surface area contributed by atoms with Gasteiger partial charge >= 0.3 is 6.01 Å². The van der Waals surface area contributed by atoms with Crippen molar-refractivity contribution in [2.45, 2.75) is 0 Å². The van der Waals surface area contributed by atoms with Gasteiger partial charge in [-0.25, -0.2) is 0 Å². The number of aromatic nitrogens is 4. The first kappa shape index (κ1) is 7.36. The zero-order chi connectivity index (χ0) is 7.56. The van der Waals surface area contributed by atoms with Gasteiger partial charge in [0.15, 0.2) is 0 Å². The molecular weight excluding hydrogens is 176 g/mol. The van der Waals surface area contributed by atoms with Crippen LogP contribution < -0.4 is 4.74 Å². The van der Waals surface area contributed by atoms with Gasteiger partial charge in [-0.05, 0) is 34.2 Å². The Bertz CT molecular complexity index is 248. The Morgan fingerprint density at radius 1 is 1.80 bits per heavy atom. The zero-order valence-corrected chi connectivity index (χ0v) is 6.56. The Balaban J connectivity index is 2.74. The van der Waals surface area contributed by atoms with Crippen molar-refractivity contribution in [1.82, 2.24) is 20.2 Å². The number of halogens is 1. The molecule has 0 aromatic carbocycles. The Labute approximate surface area is 66.9 Å². The van der Waals surface area contributed by atoms with E-state index < -0.39 is 0 Å². The number of nitrogens with zero attached hydrogens (tertiary/aromatic N) is 4. The lowest BCUT2D eigenvalue weighted by Gasteiger charge is -1.94. The third kappa shape index (κ3) is 1.61. The lowest BCUT2D eigenvalue weighted by atomic mass is 11.1. The van der Waals surface area contributed by atoms with Crippen molar-refractivity contribution in [3.05, 3.63) is 0 Å². The summed E-state index contributed by atoms with van der Waals surface area (Å²) in [5.41, 5.74) is 0. The SMILES string of the molecule is Cn1nnnc1OC(=S)Cl. The van der Waals surface area contributed by atoms with E-state index in [0.29, 0.717) is 0 Å². The van der Waals surface area contributed by atoms with Gasteiger partial charge in [0.1, 0.15) is 0 Å². The van der Waals surface area contributed by atoms with Gasteiger partial charge in [-0.15, -0.1) is 0 Å². The van der Waals surface area contributed by atoms with Crippen molar-refractivity contribution in [3.63, 3.8) is 0 Å². The average Bonchev–Trinajstić information content (AvgIpc) is 2.15. The maximum atomic E-state index is 5.24. The van der Waals surface area contributed by atoms with Gasteiger partial charge in [-0.2, -0.15) is 4.68 Å². The molecule has 10 heavy (non-hydrogen) atoms. The van der Waals surface area contributed by atoms with Crippen LogP contribution in [0.2, 0.25) is 0 Å². The van der Waals surface area contributed by atoms with Gasteiger partial charge in [0.25, 0.3) is 4.51 Å². The van der Waals surface area contributed by atoms with Crippen molar-refractivity contribution in [1.29, 1.82) is 0 Å². The van der Waals surface area contributed by atoms with E-state index >= 15 is 0 Å². The highest BCUT2D eigenvalue weighted by atomic mass is 35.5. The molecule has 1 aromatic rings. The fourth-order valence-corrected chi connectivity index (χ4v) is 0.523. The summed E-state index contributed by atoms with van der Waals surface area (Å²) in [5, 5.41) is 10.2. The molecular formula is C3H3ClN4OS. The molecule has 0 aliphatic heterocycles. The molecule has 1 aromatic heterocycles. The van der Waals surface area contributed by atoms with E-state index in [2.05, 4.69) is 27.7 Å². The van der Waals surface area contributed by atoms with Crippen LogP contribution in [0.1, 0.15) is 0 Å². The third-order valence-corrected chi connectivity index (χ3v) is 0.913. The van der Waals surface area contributed by atoms with Gasteiger partial charge < -0.3 is 4.74 Å². The first-order chi connectivity index (χ1) is 4.70. The second-order valence-corrected chi connectivity index (χ2v) is 2.36. The molecule has 0 saturated carbocycles. The van der Waals surface area contributed by atoms with Crippen LogP contribution in [-0.2, 0) is 7.05 Å². The molecule has 0 saturated heterocycles. The summed E-state index contributed by atoms with van der Waals surface area (Å²) in [5.74, 6) is 0. The second-order valence-electron chi connectivity index (χ2n) is 1.42. The predicted octanol–water partition coefficient (Wildman–Crippen LogP) is 0.113. The summed E-state index contributed by atoms with van der Waals surface area (Å²) in [7, 11) is 1.62. The van der Waals surface area contributed by atoms with Gasteiger partial charge in [0, 0.05) is 7.05 Å². The predicted molar refractivity (Wildman–Crippen MR) is 37.9 cm³/mol. The largest absolute Gasteiger partial charge is 0.400 e. The van der Waals surface area contributed by atoms with Gasteiger partial charge in [-0.3, -0.25) is 0 Å². The third-order valence-electron chi connectivity index (χ3n) is 0.753. The summed E-state index contributed by atoms with van der Waals surface area (Å²) in [6, 6.07) is 0.181. The molecule has 0 unspecified atom stereocenters. The van der Waals surface area contributed by atoms with Crippen LogP contribution >= 0.6 is 23.8 Å². The number of aryl methyl sites for hydroxylation is 1. The Hall–Kier alpha value is -0.750. The van der Waals surface area contributed by atoms with Crippen LogP contribution in [0.25, 0.3) is 0 Å². The highest BCUT2D eigenvalue weighted by Gasteiger charge is 2.03. The van der Waals surface area contributed by atoms with Crippen molar-refractivity contribution < 1.29 is 4.74 Å². The molecule has 0 atom stereocenters. The lowest BCUT2D eigenvalue weighted by molar-refractivity contribution is 0.485. The summed E-state index contributed by atoms with van der Waals surface area (Å²) in [6.07, 6.45) is 0. The molecule has 0 aliphatic carbocycles. The van der Waals surface area contributed by atoms with Gasteiger partial charge in [-0.1, -0.05) is 5.10 Å². The molecule has 5 nitrogen and oxygen atoms in total. The van der Waals surface area contributed by atoms with Crippen molar-refractivity contribution in [2.75, 3.05) is 0 Å². The minimum Gasteiger partial charge on any atom is -0.400 e. The van der Waals surface area contributed by atoms with Crippen molar-refractivity contribution in [3.8, 4) is 6.01 Å². The molecule has 54 valence electrons. The molecule has 0 fully saturated rings. The van der Waals surface area contributed by atoms with E-state index in [1.165, 1.54) is 4.68 Å². The molecule has 1 heterocycles. The maximum absolute atomic E-state index is 5.24. The molecule has 0 spiro atoms. The quantitative estimate of drug-likeness (QED) is 0.452. The van der Waals surface area contributed by atoms with Crippen LogP contribution in [0.3, 0.4) is 0 Å². The Morgan fingerprint density at radius 2 is 2.50 bits per heavy atom.